The number of nitrogens with one attached hydrogen (secondary N) is 1. The Hall–Kier alpha value is -1.77. The summed E-state index contributed by atoms with van der Waals surface area (Å²) in [5, 5.41) is 19.5. The molecule has 2 aromatic rings. The van der Waals surface area contributed by atoms with Crippen LogP contribution in [-0.4, -0.2) is 54.7 Å². The number of hydrogen-bond donors (Lipinski definition) is 3. The monoisotopic (exact) mass is 252 g/mol. The van der Waals surface area contributed by atoms with Gasteiger partial charge in [0.2, 0.25) is 0 Å². The number of aromatic nitrogens is 4. The molecule has 1 aliphatic rings. The number of fused-ring (bicyclic) bond motifs is 1. The minimum atomic E-state index is -0.990. The molecule has 2 aromatic heterocycles. The Balaban J connectivity index is 1.86. The number of aromatic amines is 1. The van der Waals surface area contributed by atoms with E-state index >= 15 is 0 Å². The van der Waals surface area contributed by atoms with E-state index in [1.165, 1.54) is 17.2 Å². The van der Waals surface area contributed by atoms with Crippen molar-refractivity contribution in [1.29, 1.82) is 0 Å². The van der Waals surface area contributed by atoms with Crippen LogP contribution in [0.1, 0.15) is 0 Å². The smallest absolute Gasteiger partial charge is 0.278 e. The molecule has 8 nitrogen and oxygen atoms in total. The van der Waals surface area contributed by atoms with Crippen molar-refractivity contribution < 1.29 is 14.9 Å². The summed E-state index contributed by atoms with van der Waals surface area (Å²) in [6, 6.07) is 0. The van der Waals surface area contributed by atoms with E-state index in [0.717, 1.165) is 0 Å². The van der Waals surface area contributed by atoms with Crippen molar-refractivity contribution in [3.63, 3.8) is 0 Å². The SMILES string of the molecule is O=c1[nH]cnc2c1ncn2C[C@H](O)[C@H](O)[C@H]1CO1. The molecule has 0 saturated carbocycles. The maximum absolute atomic E-state index is 11.4. The Morgan fingerprint density at radius 3 is 3.06 bits per heavy atom. The van der Waals surface area contributed by atoms with Gasteiger partial charge in [-0.05, 0) is 0 Å². The number of aliphatic hydroxyl groups excluding tert-OH is 2. The number of ether oxygens (including phenoxy) is 1. The van der Waals surface area contributed by atoms with Gasteiger partial charge in [0.15, 0.2) is 11.2 Å². The first kappa shape index (κ1) is 11.3. The van der Waals surface area contributed by atoms with Gasteiger partial charge in [-0.25, -0.2) is 9.97 Å². The summed E-state index contributed by atoms with van der Waals surface area (Å²) in [5.41, 5.74) is 0.253. The van der Waals surface area contributed by atoms with E-state index in [-0.39, 0.29) is 23.7 Å². The zero-order valence-electron chi connectivity index (χ0n) is 9.35. The summed E-state index contributed by atoms with van der Waals surface area (Å²) in [7, 11) is 0. The number of rotatable bonds is 4. The number of nitrogens with zero attached hydrogens (tertiary/aromatic N) is 3. The first-order valence-corrected chi connectivity index (χ1v) is 5.53. The first-order valence-electron chi connectivity index (χ1n) is 5.53. The molecule has 0 radical (unpaired) electrons. The third-order valence-corrected chi connectivity index (χ3v) is 2.93. The second-order valence-electron chi connectivity index (χ2n) is 4.23. The largest absolute Gasteiger partial charge is 0.388 e. The summed E-state index contributed by atoms with van der Waals surface area (Å²) >= 11 is 0. The standard InChI is InChI=1S/C10H12N4O4/c15-5(8(16)6-2-18-6)1-14-4-13-7-9(14)11-3-12-10(7)17/h3-6,8,15-16H,1-2H2,(H,11,12,17)/t5-,6+,8-/m0/s1. The zero-order valence-corrected chi connectivity index (χ0v) is 9.35. The number of epoxide rings is 1. The molecule has 1 saturated heterocycles. The fourth-order valence-electron chi connectivity index (χ4n) is 1.84. The summed E-state index contributed by atoms with van der Waals surface area (Å²) in [6.07, 6.45) is 0.457. The van der Waals surface area contributed by atoms with Crippen LogP contribution in [0.4, 0.5) is 0 Å². The van der Waals surface area contributed by atoms with Crippen molar-refractivity contribution >= 4 is 11.2 Å². The van der Waals surface area contributed by atoms with Gasteiger partial charge in [0.25, 0.3) is 5.56 Å². The summed E-state index contributed by atoms with van der Waals surface area (Å²) < 4.78 is 6.44. The Bertz CT molecular complexity index is 618. The van der Waals surface area contributed by atoms with Gasteiger partial charge in [-0.1, -0.05) is 0 Å². The third-order valence-electron chi connectivity index (χ3n) is 2.93. The number of hydrogen-bond acceptors (Lipinski definition) is 6. The molecule has 3 rings (SSSR count). The molecule has 3 atom stereocenters. The summed E-state index contributed by atoms with van der Waals surface area (Å²) in [5.74, 6) is 0. The van der Waals surface area contributed by atoms with Crippen LogP contribution in [-0.2, 0) is 11.3 Å². The zero-order chi connectivity index (χ0) is 12.7. The average Bonchev–Trinajstić information content (AvgIpc) is 3.12. The molecule has 0 amide bonds. The molecule has 18 heavy (non-hydrogen) atoms. The predicted molar refractivity (Wildman–Crippen MR) is 59.9 cm³/mol. The van der Waals surface area contributed by atoms with Crippen LogP contribution in [0, 0.1) is 0 Å². The minimum absolute atomic E-state index is 0.105. The van der Waals surface area contributed by atoms with Crippen LogP contribution < -0.4 is 5.56 Å². The molecule has 0 spiro atoms. The highest BCUT2D eigenvalue weighted by atomic mass is 16.6. The van der Waals surface area contributed by atoms with Crippen molar-refractivity contribution in [3.8, 4) is 0 Å². The van der Waals surface area contributed by atoms with E-state index in [0.29, 0.717) is 12.3 Å². The van der Waals surface area contributed by atoms with E-state index in [2.05, 4.69) is 15.0 Å². The number of aliphatic hydroxyl groups is 2. The molecule has 3 heterocycles. The quantitative estimate of drug-likeness (QED) is 0.555. The fourth-order valence-corrected chi connectivity index (χ4v) is 1.84. The Labute approximate surface area is 101 Å². The molecule has 0 unspecified atom stereocenters. The second-order valence-corrected chi connectivity index (χ2v) is 4.23. The molecule has 3 N–H and O–H groups in total. The molecular weight excluding hydrogens is 240 g/mol. The molecular formula is C10H12N4O4. The highest BCUT2D eigenvalue weighted by molar-refractivity contribution is 5.68. The Morgan fingerprint density at radius 2 is 2.33 bits per heavy atom. The molecule has 0 bridgehead atoms. The van der Waals surface area contributed by atoms with Crippen LogP contribution in [0.5, 0.6) is 0 Å². The lowest BCUT2D eigenvalue weighted by Crippen LogP contribution is -2.34. The van der Waals surface area contributed by atoms with Crippen LogP contribution in [0.3, 0.4) is 0 Å². The van der Waals surface area contributed by atoms with Gasteiger partial charge in [-0.2, -0.15) is 0 Å². The van der Waals surface area contributed by atoms with Crippen LogP contribution in [0.25, 0.3) is 11.2 Å². The Morgan fingerprint density at radius 1 is 1.56 bits per heavy atom. The number of H-pyrrole nitrogens is 1. The normalized spacial score (nSPS) is 22.0. The molecule has 1 fully saturated rings. The highest BCUT2D eigenvalue weighted by Crippen LogP contribution is 2.18. The van der Waals surface area contributed by atoms with Crippen molar-refractivity contribution in [2.24, 2.45) is 0 Å². The molecule has 96 valence electrons. The van der Waals surface area contributed by atoms with E-state index in [4.69, 9.17) is 4.74 Å². The molecule has 8 heteroatoms. The van der Waals surface area contributed by atoms with Crippen LogP contribution in [0.2, 0.25) is 0 Å². The van der Waals surface area contributed by atoms with E-state index in [9.17, 15) is 15.0 Å². The maximum Gasteiger partial charge on any atom is 0.278 e. The van der Waals surface area contributed by atoms with Gasteiger partial charge in [-0.15, -0.1) is 0 Å². The number of imidazole rings is 1. The predicted octanol–water partition coefficient (Wildman–Crippen LogP) is -1.76. The van der Waals surface area contributed by atoms with Crippen LogP contribution in [0.15, 0.2) is 17.4 Å². The van der Waals surface area contributed by atoms with E-state index in [1.54, 1.807) is 0 Å². The first-order chi connectivity index (χ1) is 8.66. The molecule has 1 aliphatic heterocycles. The van der Waals surface area contributed by atoms with Crippen molar-refractivity contribution in [1.82, 2.24) is 19.5 Å². The second kappa shape index (κ2) is 4.16. The van der Waals surface area contributed by atoms with Crippen molar-refractivity contribution in [2.45, 2.75) is 24.9 Å². The van der Waals surface area contributed by atoms with Crippen molar-refractivity contribution in [2.75, 3.05) is 6.61 Å². The van der Waals surface area contributed by atoms with E-state index in [1.807, 2.05) is 0 Å². The van der Waals surface area contributed by atoms with Gasteiger partial charge in [0, 0.05) is 0 Å². The maximum atomic E-state index is 11.4. The van der Waals surface area contributed by atoms with Gasteiger partial charge in [0.05, 0.1) is 25.8 Å². The lowest BCUT2D eigenvalue weighted by Gasteiger charge is -2.16. The Kier molecular flexibility index (Phi) is 2.62. The topological polar surface area (TPSA) is 117 Å². The third kappa shape index (κ3) is 1.90. The lowest BCUT2D eigenvalue weighted by atomic mass is 10.1. The lowest BCUT2D eigenvalue weighted by molar-refractivity contribution is -0.00549. The van der Waals surface area contributed by atoms with Gasteiger partial charge >= 0.3 is 0 Å². The van der Waals surface area contributed by atoms with Crippen molar-refractivity contribution in [3.05, 3.63) is 23.0 Å². The van der Waals surface area contributed by atoms with Gasteiger partial charge < -0.3 is 24.5 Å². The van der Waals surface area contributed by atoms with Crippen LogP contribution >= 0.6 is 0 Å². The summed E-state index contributed by atoms with van der Waals surface area (Å²) in [6.45, 7) is 0.564. The average molecular weight is 252 g/mol. The summed E-state index contributed by atoms with van der Waals surface area (Å²) in [4.78, 5) is 21.8. The molecule has 0 aromatic carbocycles. The minimum Gasteiger partial charge on any atom is -0.388 e. The fraction of sp³-hybridized carbons (Fsp3) is 0.500. The van der Waals surface area contributed by atoms with E-state index < -0.39 is 12.2 Å². The highest BCUT2D eigenvalue weighted by Gasteiger charge is 2.36. The van der Waals surface area contributed by atoms with Gasteiger partial charge in [0.1, 0.15) is 18.3 Å². The van der Waals surface area contributed by atoms with Gasteiger partial charge in [-0.3, -0.25) is 4.79 Å². The molecule has 0 aliphatic carbocycles.